The fourth-order valence-electron chi connectivity index (χ4n) is 6.00. The second-order valence-corrected chi connectivity index (χ2v) is 11.1. The van der Waals surface area contributed by atoms with E-state index in [0.717, 1.165) is 34.8 Å². The van der Waals surface area contributed by atoms with Crippen molar-refractivity contribution < 1.29 is 18.8 Å². The highest BCUT2D eigenvalue weighted by Crippen LogP contribution is 2.41. The average molecular weight is 555 g/mol. The lowest BCUT2D eigenvalue weighted by Crippen LogP contribution is -2.53. The van der Waals surface area contributed by atoms with Crippen molar-refractivity contribution in [2.45, 2.75) is 50.6 Å². The SMILES string of the molecule is CC1(N=CC(=CN)Cc2ccc3c4c(cccc24)C(=O)N3C2CCC(=O)NC2=O)CCN(c2ncccc2F)CC1. The van der Waals surface area contributed by atoms with Crippen LogP contribution < -0.4 is 20.9 Å². The number of nitrogens with two attached hydrogens (primary N) is 1. The van der Waals surface area contributed by atoms with Gasteiger partial charge in [0.25, 0.3) is 5.91 Å². The molecule has 3 aromatic rings. The number of anilines is 2. The molecule has 0 radical (unpaired) electrons. The summed E-state index contributed by atoms with van der Waals surface area (Å²) in [5, 5.41) is 4.07. The lowest BCUT2D eigenvalue weighted by molar-refractivity contribution is -0.134. The number of halogens is 1. The first-order valence-electron chi connectivity index (χ1n) is 13.8. The van der Waals surface area contributed by atoms with Gasteiger partial charge in [0.2, 0.25) is 11.8 Å². The molecule has 3 aliphatic rings. The van der Waals surface area contributed by atoms with Crippen LogP contribution in [0.4, 0.5) is 15.9 Å². The summed E-state index contributed by atoms with van der Waals surface area (Å²) in [7, 11) is 0. The van der Waals surface area contributed by atoms with E-state index in [1.54, 1.807) is 24.5 Å². The minimum atomic E-state index is -0.727. The van der Waals surface area contributed by atoms with E-state index in [2.05, 4.69) is 17.2 Å². The molecular weight excluding hydrogens is 523 g/mol. The number of nitrogens with zero attached hydrogens (tertiary/aromatic N) is 4. The quantitative estimate of drug-likeness (QED) is 0.355. The number of hydrogen-bond donors (Lipinski definition) is 2. The molecular formula is C31H31FN6O3. The molecule has 0 saturated carbocycles. The number of piperidine rings is 2. The Hall–Kier alpha value is -4.60. The molecule has 0 aliphatic carbocycles. The highest BCUT2D eigenvalue weighted by atomic mass is 19.1. The first-order chi connectivity index (χ1) is 19.8. The topological polar surface area (TPSA) is 121 Å². The third-order valence-corrected chi connectivity index (χ3v) is 8.37. The Morgan fingerprint density at radius 3 is 2.71 bits per heavy atom. The highest BCUT2D eigenvalue weighted by Gasteiger charge is 2.41. The second kappa shape index (κ2) is 10.4. The number of amides is 3. The number of hydrogen-bond acceptors (Lipinski definition) is 7. The Morgan fingerprint density at radius 2 is 1.98 bits per heavy atom. The third kappa shape index (κ3) is 4.83. The van der Waals surface area contributed by atoms with E-state index >= 15 is 0 Å². The van der Waals surface area contributed by atoms with E-state index in [-0.39, 0.29) is 36.0 Å². The second-order valence-electron chi connectivity index (χ2n) is 11.1. The van der Waals surface area contributed by atoms with E-state index in [0.29, 0.717) is 36.6 Å². The number of imide groups is 1. The zero-order chi connectivity index (χ0) is 28.7. The molecule has 4 heterocycles. The van der Waals surface area contributed by atoms with Gasteiger partial charge < -0.3 is 10.6 Å². The molecule has 2 fully saturated rings. The monoisotopic (exact) mass is 554 g/mol. The number of benzene rings is 2. The molecule has 0 bridgehead atoms. The van der Waals surface area contributed by atoms with Crippen LogP contribution in [0, 0.1) is 5.82 Å². The number of carbonyl (C=O) groups excluding carboxylic acids is 3. The van der Waals surface area contributed by atoms with Gasteiger partial charge in [0.1, 0.15) is 6.04 Å². The molecule has 1 unspecified atom stereocenters. The Bertz CT molecular complexity index is 1630. The standard InChI is InChI=1S/C31H31FN6O3/c1-31(11-14-37(15-12-31)28-23(32)6-3-13-34-28)35-18-19(17-33)16-20-7-8-24-27-21(20)4-2-5-22(27)30(41)38(24)25-9-10-26(39)36-29(25)40/h2-8,13,17-18,25H,9-12,14-16,33H2,1H3,(H,36,39,40). The summed E-state index contributed by atoms with van der Waals surface area (Å²) in [6.45, 7) is 3.39. The molecule has 3 amide bonds. The molecule has 3 aliphatic heterocycles. The van der Waals surface area contributed by atoms with Crippen LogP contribution in [-0.2, 0) is 16.0 Å². The molecule has 210 valence electrons. The average Bonchev–Trinajstić information content (AvgIpc) is 3.25. The van der Waals surface area contributed by atoms with Crippen molar-refractivity contribution in [3.05, 3.63) is 77.4 Å². The number of allylic oxidation sites excluding steroid dienone is 1. The van der Waals surface area contributed by atoms with Crippen molar-refractivity contribution in [2.24, 2.45) is 10.7 Å². The Labute approximate surface area is 236 Å². The summed E-state index contributed by atoms with van der Waals surface area (Å²) in [6, 6.07) is 11.7. The predicted molar refractivity (Wildman–Crippen MR) is 155 cm³/mol. The summed E-state index contributed by atoms with van der Waals surface area (Å²) in [6.07, 6.45) is 7.46. The molecule has 0 spiro atoms. The van der Waals surface area contributed by atoms with Gasteiger partial charge in [-0.15, -0.1) is 0 Å². The van der Waals surface area contributed by atoms with E-state index < -0.39 is 11.9 Å². The van der Waals surface area contributed by atoms with Crippen molar-refractivity contribution in [3.8, 4) is 0 Å². The van der Waals surface area contributed by atoms with Crippen molar-refractivity contribution in [1.82, 2.24) is 10.3 Å². The van der Waals surface area contributed by atoms with Crippen LogP contribution in [0.25, 0.3) is 10.8 Å². The number of nitrogens with one attached hydrogen (secondary N) is 1. The first-order valence-corrected chi connectivity index (χ1v) is 13.8. The van der Waals surface area contributed by atoms with Gasteiger partial charge in [-0.1, -0.05) is 18.2 Å². The van der Waals surface area contributed by atoms with E-state index in [1.165, 1.54) is 11.0 Å². The zero-order valence-corrected chi connectivity index (χ0v) is 22.8. The van der Waals surface area contributed by atoms with Crippen LogP contribution in [-0.4, -0.2) is 53.6 Å². The maximum atomic E-state index is 14.2. The minimum absolute atomic E-state index is 0.193. The summed E-state index contributed by atoms with van der Waals surface area (Å²) >= 11 is 0. The Balaban J connectivity index is 1.21. The first kappa shape index (κ1) is 26.6. The minimum Gasteiger partial charge on any atom is -0.404 e. The van der Waals surface area contributed by atoms with Gasteiger partial charge in [0.05, 0.1) is 11.2 Å². The van der Waals surface area contributed by atoms with Gasteiger partial charge in [-0.05, 0) is 73.2 Å². The van der Waals surface area contributed by atoms with Crippen molar-refractivity contribution in [3.63, 3.8) is 0 Å². The molecule has 1 aromatic heterocycles. The number of rotatable bonds is 6. The van der Waals surface area contributed by atoms with Crippen LogP contribution in [0.15, 0.2) is 65.4 Å². The molecule has 41 heavy (non-hydrogen) atoms. The van der Waals surface area contributed by atoms with E-state index in [1.807, 2.05) is 35.4 Å². The Morgan fingerprint density at radius 1 is 1.17 bits per heavy atom. The van der Waals surface area contributed by atoms with Crippen molar-refractivity contribution >= 4 is 46.2 Å². The lowest BCUT2D eigenvalue weighted by atomic mass is 9.90. The summed E-state index contributed by atoms with van der Waals surface area (Å²) in [5.74, 6) is -0.949. The van der Waals surface area contributed by atoms with Gasteiger partial charge in [0, 0.05) is 49.3 Å². The summed E-state index contributed by atoms with van der Waals surface area (Å²) < 4.78 is 14.2. The smallest absolute Gasteiger partial charge is 0.259 e. The fourth-order valence-corrected chi connectivity index (χ4v) is 6.00. The number of pyridine rings is 1. The maximum absolute atomic E-state index is 14.2. The molecule has 1 atom stereocenters. The van der Waals surface area contributed by atoms with Crippen LogP contribution >= 0.6 is 0 Å². The van der Waals surface area contributed by atoms with Crippen LogP contribution in [0.5, 0.6) is 0 Å². The fraction of sp³-hybridized carbons (Fsp3) is 0.323. The maximum Gasteiger partial charge on any atom is 0.259 e. The van der Waals surface area contributed by atoms with Gasteiger partial charge >= 0.3 is 0 Å². The molecule has 2 aromatic carbocycles. The largest absolute Gasteiger partial charge is 0.404 e. The van der Waals surface area contributed by atoms with Gasteiger partial charge in [0.15, 0.2) is 11.6 Å². The normalized spacial score (nSPS) is 20.8. The van der Waals surface area contributed by atoms with E-state index in [4.69, 9.17) is 10.7 Å². The molecule has 2 saturated heterocycles. The number of aromatic nitrogens is 1. The van der Waals surface area contributed by atoms with Crippen molar-refractivity contribution in [1.29, 1.82) is 0 Å². The lowest BCUT2D eigenvalue weighted by Gasteiger charge is -2.37. The third-order valence-electron chi connectivity index (χ3n) is 8.37. The molecule has 6 rings (SSSR count). The van der Waals surface area contributed by atoms with Crippen LogP contribution in [0.2, 0.25) is 0 Å². The van der Waals surface area contributed by atoms with Crippen LogP contribution in [0.3, 0.4) is 0 Å². The summed E-state index contributed by atoms with van der Waals surface area (Å²) in [4.78, 5) is 50.3. The Kier molecular flexibility index (Phi) is 6.76. The van der Waals surface area contributed by atoms with Gasteiger partial charge in [-0.25, -0.2) is 9.37 Å². The number of aliphatic imine (C=N–C) groups is 1. The van der Waals surface area contributed by atoms with E-state index in [9.17, 15) is 18.8 Å². The predicted octanol–water partition coefficient (Wildman–Crippen LogP) is 3.65. The van der Waals surface area contributed by atoms with Gasteiger partial charge in [-0.2, -0.15) is 0 Å². The highest BCUT2D eigenvalue weighted by molar-refractivity contribution is 6.27. The molecule has 3 N–H and O–H groups in total. The zero-order valence-electron chi connectivity index (χ0n) is 22.8. The molecule has 10 heteroatoms. The molecule has 9 nitrogen and oxygen atoms in total. The van der Waals surface area contributed by atoms with Gasteiger partial charge in [-0.3, -0.25) is 29.6 Å². The van der Waals surface area contributed by atoms with Crippen molar-refractivity contribution in [2.75, 3.05) is 22.9 Å². The summed E-state index contributed by atoms with van der Waals surface area (Å²) in [5.41, 5.74) is 8.75. The van der Waals surface area contributed by atoms with Crippen LogP contribution in [0.1, 0.15) is 48.5 Å². The number of carbonyl (C=O) groups is 3.